The first kappa shape index (κ1) is 24.9. The van der Waals surface area contributed by atoms with E-state index in [1.54, 1.807) is 16.7 Å². The number of alkyl halides is 3. The first-order valence-electron chi connectivity index (χ1n) is 10.4. The maximum absolute atomic E-state index is 12.6. The van der Waals surface area contributed by atoms with Gasteiger partial charge in [0.25, 0.3) is 11.2 Å². The molecule has 2 aromatic heterocycles. The van der Waals surface area contributed by atoms with Crippen LogP contribution in [0.4, 0.5) is 30.5 Å². The third-order valence-corrected chi connectivity index (χ3v) is 5.05. The Morgan fingerprint density at radius 3 is 2.56 bits per heavy atom. The Bertz CT molecular complexity index is 1080. The molecule has 3 rings (SSSR count). The lowest BCUT2D eigenvalue weighted by molar-refractivity contribution is -0.138. The predicted octanol–water partition coefficient (Wildman–Crippen LogP) is 1.69. The van der Waals surface area contributed by atoms with E-state index >= 15 is 0 Å². The average Bonchev–Trinajstić information content (AvgIpc) is 2.81. The molecule has 182 valence electrons. The maximum atomic E-state index is 12.6. The minimum absolute atomic E-state index is 0.0853. The Balaban J connectivity index is 1.37. The molecule has 2 aromatic rings. The Kier molecular flexibility index (Phi) is 8.00. The number of nitrogens with one attached hydrogen (secondary N) is 2. The highest BCUT2D eigenvalue weighted by Gasteiger charge is 2.32. The van der Waals surface area contributed by atoms with Crippen molar-refractivity contribution in [2.75, 3.05) is 49.6 Å². The molecule has 1 aliphatic heterocycles. The zero-order chi connectivity index (χ0) is 24.7. The fraction of sp³-hybridized carbons (Fsp3) is 0.500. The van der Waals surface area contributed by atoms with E-state index in [-0.39, 0.29) is 43.2 Å². The van der Waals surface area contributed by atoms with Gasteiger partial charge in [0, 0.05) is 44.6 Å². The van der Waals surface area contributed by atoms with Crippen LogP contribution in [0.1, 0.15) is 18.9 Å². The topological polar surface area (TPSA) is 121 Å². The molecule has 0 aromatic carbocycles. The second-order valence-corrected chi connectivity index (χ2v) is 7.58. The summed E-state index contributed by atoms with van der Waals surface area (Å²) in [6.07, 6.45) is -1.46. The molecule has 1 saturated heterocycles. The van der Waals surface area contributed by atoms with Crippen LogP contribution in [0.25, 0.3) is 4.85 Å². The number of amides is 1. The number of halogens is 3. The van der Waals surface area contributed by atoms with Gasteiger partial charge >= 0.3 is 6.18 Å². The van der Waals surface area contributed by atoms with Gasteiger partial charge < -0.3 is 19.9 Å². The molecule has 0 saturated carbocycles. The van der Waals surface area contributed by atoms with Gasteiger partial charge in [0.05, 0.1) is 43.7 Å². The zero-order valence-corrected chi connectivity index (χ0v) is 18.3. The van der Waals surface area contributed by atoms with E-state index in [0.29, 0.717) is 31.9 Å². The third kappa shape index (κ3) is 6.41. The van der Waals surface area contributed by atoms with Crippen molar-refractivity contribution in [1.82, 2.24) is 25.1 Å². The van der Waals surface area contributed by atoms with Crippen molar-refractivity contribution in [2.45, 2.75) is 25.6 Å². The van der Waals surface area contributed by atoms with Gasteiger partial charge in [-0.25, -0.2) is 14.8 Å². The summed E-state index contributed by atoms with van der Waals surface area (Å²) >= 11 is 0. The number of piperazine rings is 1. The second-order valence-electron chi connectivity index (χ2n) is 7.58. The van der Waals surface area contributed by atoms with Gasteiger partial charge in [0.1, 0.15) is 0 Å². The quantitative estimate of drug-likeness (QED) is 0.433. The molecule has 11 nitrogen and oxygen atoms in total. The summed E-state index contributed by atoms with van der Waals surface area (Å²) < 4.78 is 43.5. The van der Waals surface area contributed by atoms with Crippen LogP contribution in [0.5, 0.6) is 0 Å². The molecule has 3 heterocycles. The molecular formula is C20H23F3N8O3. The summed E-state index contributed by atoms with van der Waals surface area (Å²) in [6.45, 7) is 10.9. The summed E-state index contributed by atoms with van der Waals surface area (Å²) in [5.74, 6) is 0.101. The van der Waals surface area contributed by atoms with E-state index in [1.165, 1.54) is 6.20 Å². The molecule has 1 atom stereocenters. The predicted molar refractivity (Wildman–Crippen MR) is 115 cm³/mol. The van der Waals surface area contributed by atoms with E-state index < -0.39 is 17.3 Å². The maximum Gasteiger partial charge on any atom is 0.419 e. The number of nitrogens with zero attached hydrogens (tertiary/aromatic N) is 6. The van der Waals surface area contributed by atoms with Crippen LogP contribution < -0.4 is 15.8 Å². The molecule has 0 unspecified atom stereocenters. The molecular weight excluding hydrogens is 457 g/mol. The third-order valence-electron chi connectivity index (χ3n) is 5.05. The van der Waals surface area contributed by atoms with Crippen LogP contribution in [0.15, 0.2) is 23.4 Å². The highest BCUT2D eigenvalue weighted by Crippen LogP contribution is 2.28. The number of hydrogen-bond donors (Lipinski definition) is 2. The molecule has 34 heavy (non-hydrogen) atoms. The number of H-pyrrole nitrogens is 1. The fourth-order valence-corrected chi connectivity index (χ4v) is 3.28. The number of hydrogen-bond acceptors (Lipinski definition) is 8. The molecule has 2 N–H and O–H groups in total. The molecule has 1 fully saturated rings. The SMILES string of the molecule is [C-]#[N+]c1c(N[C@@H](C)COCCC(=O)N2CCN(c3ncc(C(F)(F)F)cn3)CC2)cn[nH]c1=O. The van der Waals surface area contributed by atoms with Gasteiger partial charge in [-0.15, -0.1) is 0 Å². The zero-order valence-electron chi connectivity index (χ0n) is 18.3. The van der Waals surface area contributed by atoms with E-state index in [4.69, 9.17) is 11.3 Å². The largest absolute Gasteiger partial charge is 0.419 e. The lowest BCUT2D eigenvalue weighted by Gasteiger charge is -2.34. The van der Waals surface area contributed by atoms with Crippen molar-refractivity contribution in [1.29, 1.82) is 0 Å². The van der Waals surface area contributed by atoms with Gasteiger partial charge in [0.2, 0.25) is 11.9 Å². The van der Waals surface area contributed by atoms with Gasteiger partial charge in [-0.2, -0.15) is 18.3 Å². The number of ether oxygens (including phenoxy) is 1. The van der Waals surface area contributed by atoms with Crippen LogP contribution in [0.2, 0.25) is 0 Å². The van der Waals surface area contributed by atoms with Gasteiger partial charge in [-0.1, -0.05) is 0 Å². The minimum atomic E-state index is -4.49. The number of anilines is 2. The Labute approximate surface area is 192 Å². The molecule has 1 amide bonds. The Morgan fingerprint density at radius 1 is 1.26 bits per heavy atom. The number of carbonyl (C=O) groups is 1. The van der Waals surface area contributed by atoms with E-state index in [0.717, 1.165) is 12.4 Å². The van der Waals surface area contributed by atoms with Crippen LogP contribution >= 0.6 is 0 Å². The number of rotatable bonds is 8. The molecule has 0 bridgehead atoms. The van der Waals surface area contributed by atoms with Crippen molar-refractivity contribution < 1.29 is 22.7 Å². The van der Waals surface area contributed by atoms with E-state index in [9.17, 15) is 22.8 Å². The summed E-state index contributed by atoms with van der Waals surface area (Å²) in [7, 11) is 0. The highest BCUT2D eigenvalue weighted by molar-refractivity contribution is 5.76. The summed E-state index contributed by atoms with van der Waals surface area (Å²) in [5.41, 5.74) is -1.27. The van der Waals surface area contributed by atoms with Crippen molar-refractivity contribution in [2.24, 2.45) is 0 Å². The Morgan fingerprint density at radius 2 is 1.94 bits per heavy atom. The van der Waals surface area contributed by atoms with Crippen molar-refractivity contribution >= 4 is 23.2 Å². The lowest BCUT2D eigenvalue weighted by atomic mass is 10.3. The lowest BCUT2D eigenvalue weighted by Crippen LogP contribution is -2.49. The standard InChI is InChI=1S/C20H23F3N8O3/c1-13(28-15-11-27-29-18(33)17(15)24-2)12-34-8-3-16(32)30-4-6-31(7-5-30)19-25-9-14(10-26-19)20(21,22)23/h9-11,13H,3-8,12H2,1H3,(H2,28,29,33)/t13-/m0/s1. The summed E-state index contributed by atoms with van der Waals surface area (Å²) in [5, 5.41) is 8.85. The Hall–Kier alpha value is -3.73. The molecule has 14 heteroatoms. The second kappa shape index (κ2) is 10.9. The summed E-state index contributed by atoms with van der Waals surface area (Å²) in [4.78, 5) is 38.2. The number of carbonyl (C=O) groups excluding carboxylic acids is 1. The summed E-state index contributed by atoms with van der Waals surface area (Å²) in [6, 6.07) is -0.230. The number of aromatic amines is 1. The first-order valence-corrected chi connectivity index (χ1v) is 10.4. The normalized spacial score (nSPS) is 15.0. The average molecular weight is 480 g/mol. The van der Waals surface area contributed by atoms with E-state index in [2.05, 4.69) is 30.3 Å². The highest BCUT2D eigenvalue weighted by atomic mass is 19.4. The van der Waals surface area contributed by atoms with Crippen molar-refractivity contribution in [3.05, 3.63) is 45.9 Å². The first-order chi connectivity index (χ1) is 16.2. The van der Waals surface area contributed by atoms with Crippen LogP contribution in [-0.2, 0) is 15.7 Å². The van der Waals surface area contributed by atoms with Crippen LogP contribution in [-0.4, -0.2) is 76.4 Å². The van der Waals surface area contributed by atoms with Crippen molar-refractivity contribution in [3.8, 4) is 0 Å². The monoisotopic (exact) mass is 480 g/mol. The van der Waals surface area contributed by atoms with Crippen LogP contribution in [0.3, 0.4) is 0 Å². The fourth-order valence-electron chi connectivity index (χ4n) is 3.28. The molecule has 1 aliphatic rings. The van der Waals surface area contributed by atoms with Gasteiger partial charge in [-0.05, 0) is 6.92 Å². The van der Waals surface area contributed by atoms with Crippen LogP contribution in [0, 0.1) is 6.57 Å². The molecule has 0 aliphatic carbocycles. The van der Waals surface area contributed by atoms with Gasteiger partial charge in [0.15, 0.2) is 0 Å². The van der Waals surface area contributed by atoms with Crippen molar-refractivity contribution in [3.63, 3.8) is 0 Å². The minimum Gasteiger partial charge on any atom is -0.387 e. The van der Waals surface area contributed by atoms with Gasteiger partial charge in [-0.3, -0.25) is 14.7 Å². The smallest absolute Gasteiger partial charge is 0.387 e. The van der Waals surface area contributed by atoms with E-state index in [1.807, 2.05) is 0 Å². The molecule has 0 spiro atoms. The molecule has 0 radical (unpaired) electrons. The number of aromatic nitrogens is 4.